The first-order valence-electron chi connectivity index (χ1n) is 5.92. The Bertz CT molecular complexity index is 498. The number of nitrogens with zero attached hydrogens (tertiary/aromatic N) is 1. The van der Waals surface area contributed by atoms with Crippen LogP contribution in [0.5, 0.6) is 0 Å². The first-order valence-corrected chi connectivity index (χ1v) is 5.92. The number of rotatable bonds is 6. The fraction of sp³-hybridized carbons (Fsp3) is 0.385. The number of amides is 1. The molecule has 108 valence electrons. The summed E-state index contributed by atoms with van der Waals surface area (Å²) >= 11 is 0. The highest BCUT2D eigenvalue weighted by Crippen LogP contribution is 2.05. The van der Waals surface area contributed by atoms with Gasteiger partial charge in [-0.1, -0.05) is 11.8 Å². The average Bonchev–Trinajstić information content (AvgIpc) is 2.44. The van der Waals surface area contributed by atoms with E-state index >= 15 is 0 Å². The van der Waals surface area contributed by atoms with Crippen LogP contribution in [0.4, 0.5) is 8.78 Å². The quantitative estimate of drug-likeness (QED) is 0.585. The minimum absolute atomic E-state index is 0.0188. The third kappa shape index (κ3) is 5.73. The molecule has 0 aliphatic heterocycles. The van der Waals surface area contributed by atoms with E-state index in [4.69, 9.17) is 5.73 Å². The fourth-order valence-electron chi connectivity index (χ4n) is 1.34. The Morgan fingerprint density at radius 3 is 3.05 bits per heavy atom. The van der Waals surface area contributed by atoms with Crippen LogP contribution in [0.1, 0.15) is 15.9 Å². The molecule has 0 radical (unpaired) electrons. The topological polar surface area (TPSA) is 77.2 Å². The van der Waals surface area contributed by atoms with Crippen molar-refractivity contribution in [3.63, 3.8) is 0 Å². The minimum Gasteiger partial charge on any atom is -0.374 e. The van der Waals surface area contributed by atoms with Crippen LogP contribution in [0, 0.1) is 11.8 Å². The molecule has 0 fully saturated rings. The molecule has 20 heavy (non-hydrogen) atoms. The highest BCUT2D eigenvalue weighted by molar-refractivity contribution is 5.96. The van der Waals surface area contributed by atoms with Crippen LogP contribution < -0.4 is 11.1 Å². The first kappa shape index (κ1) is 16.0. The molecule has 1 amide bonds. The third-order valence-corrected chi connectivity index (χ3v) is 2.17. The summed E-state index contributed by atoms with van der Waals surface area (Å²) in [4.78, 5) is 15.8. The number of hydrogen-bond donors (Lipinski definition) is 2. The van der Waals surface area contributed by atoms with Crippen molar-refractivity contribution in [1.82, 2.24) is 10.3 Å². The van der Waals surface area contributed by atoms with Gasteiger partial charge < -0.3 is 15.8 Å². The monoisotopic (exact) mass is 283 g/mol. The van der Waals surface area contributed by atoms with Gasteiger partial charge in [0.1, 0.15) is 6.61 Å². The number of nitrogens with one attached hydrogen (secondary N) is 1. The van der Waals surface area contributed by atoms with Gasteiger partial charge in [-0.2, -0.15) is 0 Å². The molecule has 5 nitrogen and oxygen atoms in total. The second-order valence-corrected chi connectivity index (χ2v) is 3.65. The Morgan fingerprint density at radius 1 is 1.55 bits per heavy atom. The van der Waals surface area contributed by atoms with Crippen LogP contribution in [-0.2, 0) is 4.74 Å². The molecule has 7 heteroatoms. The molecule has 0 aliphatic rings. The van der Waals surface area contributed by atoms with Gasteiger partial charge in [-0.3, -0.25) is 9.78 Å². The van der Waals surface area contributed by atoms with Gasteiger partial charge in [0.05, 0.1) is 24.3 Å². The van der Waals surface area contributed by atoms with E-state index in [-0.39, 0.29) is 25.6 Å². The third-order valence-electron chi connectivity index (χ3n) is 2.17. The maximum atomic E-state index is 11.9. The van der Waals surface area contributed by atoms with Gasteiger partial charge in [-0.05, 0) is 6.07 Å². The molecule has 0 atom stereocenters. The molecular formula is C13H15F2N3O2. The lowest BCUT2D eigenvalue weighted by atomic mass is 10.1. The summed E-state index contributed by atoms with van der Waals surface area (Å²) in [6, 6.07) is 1.52. The van der Waals surface area contributed by atoms with Crippen LogP contribution in [0.25, 0.3) is 0 Å². The van der Waals surface area contributed by atoms with Crippen LogP contribution in [0.2, 0.25) is 0 Å². The lowest BCUT2D eigenvalue weighted by Gasteiger charge is -2.07. The first-order chi connectivity index (χ1) is 9.65. The molecule has 1 aromatic rings. The highest BCUT2D eigenvalue weighted by atomic mass is 19.3. The predicted molar refractivity (Wildman–Crippen MR) is 69.3 cm³/mol. The van der Waals surface area contributed by atoms with E-state index in [0.29, 0.717) is 11.1 Å². The van der Waals surface area contributed by atoms with Gasteiger partial charge in [-0.25, -0.2) is 8.78 Å². The van der Waals surface area contributed by atoms with E-state index in [1.54, 1.807) is 0 Å². The number of nitrogens with two attached hydrogens (primary N) is 1. The molecule has 0 unspecified atom stereocenters. The van der Waals surface area contributed by atoms with Gasteiger partial charge in [0.15, 0.2) is 0 Å². The van der Waals surface area contributed by atoms with Gasteiger partial charge in [0.25, 0.3) is 12.3 Å². The molecule has 1 rings (SSSR count). The highest BCUT2D eigenvalue weighted by Gasteiger charge is 2.09. The van der Waals surface area contributed by atoms with Crippen molar-refractivity contribution < 1.29 is 18.3 Å². The second-order valence-electron chi connectivity index (χ2n) is 3.65. The molecule has 0 aromatic carbocycles. The normalized spacial score (nSPS) is 10.0. The van der Waals surface area contributed by atoms with Crippen LogP contribution >= 0.6 is 0 Å². The van der Waals surface area contributed by atoms with E-state index in [2.05, 4.69) is 26.9 Å². The number of hydrogen-bond acceptors (Lipinski definition) is 4. The molecule has 1 heterocycles. The second kappa shape index (κ2) is 8.96. The van der Waals surface area contributed by atoms with Gasteiger partial charge in [0, 0.05) is 18.9 Å². The lowest BCUT2D eigenvalue weighted by Crippen LogP contribution is -2.28. The molecule has 3 N–H and O–H groups in total. The van der Waals surface area contributed by atoms with Gasteiger partial charge in [0.2, 0.25) is 0 Å². The number of carbonyl (C=O) groups excluding carboxylic acids is 1. The lowest BCUT2D eigenvalue weighted by molar-refractivity contribution is 0.0188. The zero-order valence-electron chi connectivity index (χ0n) is 10.7. The Balaban J connectivity index is 2.51. The molecule has 0 bridgehead atoms. The fourth-order valence-corrected chi connectivity index (χ4v) is 1.34. The zero-order chi connectivity index (χ0) is 14.8. The predicted octanol–water partition coefficient (Wildman–Crippen LogP) is 0.403. The number of pyridine rings is 1. The minimum atomic E-state index is -2.51. The van der Waals surface area contributed by atoms with E-state index in [9.17, 15) is 13.6 Å². The standard InChI is InChI=1S/C13H15F2N3O2/c14-12(15)9-20-7-6-18-13(19)11-3-5-17-8-10(11)2-1-4-16/h3,5,8,12H,4,6-7,9,16H2,(H,18,19). The Morgan fingerprint density at radius 2 is 2.35 bits per heavy atom. The van der Waals surface area contributed by atoms with Crippen molar-refractivity contribution in [2.24, 2.45) is 5.73 Å². The molecule has 0 saturated heterocycles. The summed E-state index contributed by atoms with van der Waals surface area (Å²) in [5.74, 6) is 5.01. The molecular weight excluding hydrogens is 268 g/mol. The summed E-state index contributed by atoms with van der Waals surface area (Å²) in [6.45, 7) is -0.307. The van der Waals surface area contributed by atoms with E-state index in [1.807, 2.05) is 0 Å². The molecule has 1 aromatic heterocycles. The Hall–Kier alpha value is -2.04. The van der Waals surface area contributed by atoms with Crippen molar-refractivity contribution in [1.29, 1.82) is 0 Å². The van der Waals surface area contributed by atoms with Crippen LogP contribution in [-0.4, -0.2) is 43.6 Å². The maximum Gasteiger partial charge on any atom is 0.261 e. The summed E-state index contributed by atoms with van der Waals surface area (Å²) < 4.78 is 28.3. The van der Waals surface area contributed by atoms with E-state index in [1.165, 1.54) is 18.5 Å². The number of halogens is 2. The summed E-state index contributed by atoms with van der Waals surface area (Å²) in [5, 5.41) is 2.55. The molecule has 0 spiro atoms. The zero-order valence-corrected chi connectivity index (χ0v) is 10.7. The van der Waals surface area contributed by atoms with Gasteiger partial charge in [-0.15, -0.1) is 0 Å². The average molecular weight is 283 g/mol. The van der Waals surface area contributed by atoms with Crippen molar-refractivity contribution in [3.8, 4) is 11.8 Å². The molecule has 0 saturated carbocycles. The van der Waals surface area contributed by atoms with Crippen molar-refractivity contribution >= 4 is 5.91 Å². The number of aromatic nitrogens is 1. The molecule has 0 aliphatic carbocycles. The largest absolute Gasteiger partial charge is 0.374 e. The van der Waals surface area contributed by atoms with Crippen molar-refractivity contribution in [2.75, 3.05) is 26.3 Å². The van der Waals surface area contributed by atoms with E-state index < -0.39 is 13.0 Å². The maximum absolute atomic E-state index is 11.9. The SMILES string of the molecule is NCC#Cc1cnccc1C(=O)NCCOCC(F)F. The summed E-state index contributed by atoms with van der Waals surface area (Å²) in [6.07, 6.45) is 0.421. The smallest absolute Gasteiger partial charge is 0.261 e. The summed E-state index contributed by atoms with van der Waals surface area (Å²) in [5.41, 5.74) is 6.09. The Labute approximate surface area is 115 Å². The van der Waals surface area contributed by atoms with Crippen LogP contribution in [0.3, 0.4) is 0 Å². The summed E-state index contributed by atoms with van der Waals surface area (Å²) in [7, 11) is 0. The Kier molecular flexibility index (Phi) is 7.17. The number of alkyl halides is 2. The number of ether oxygens (including phenoxy) is 1. The van der Waals surface area contributed by atoms with Crippen molar-refractivity contribution in [3.05, 3.63) is 29.6 Å². The number of carbonyl (C=O) groups is 1. The van der Waals surface area contributed by atoms with Gasteiger partial charge >= 0.3 is 0 Å². The van der Waals surface area contributed by atoms with Crippen molar-refractivity contribution in [2.45, 2.75) is 6.43 Å². The van der Waals surface area contributed by atoms with Crippen LogP contribution in [0.15, 0.2) is 18.5 Å². The van der Waals surface area contributed by atoms with E-state index in [0.717, 1.165) is 0 Å².